The zero-order valence-electron chi connectivity index (χ0n) is 11.7. The van der Waals surface area contributed by atoms with Crippen molar-refractivity contribution in [2.24, 2.45) is 5.92 Å². The van der Waals surface area contributed by atoms with E-state index in [-0.39, 0.29) is 0 Å². The zero-order chi connectivity index (χ0) is 12.8. The second-order valence-electron chi connectivity index (χ2n) is 5.62. The molecule has 1 atom stereocenters. The van der Waals surface area contributed by atoms with Crippen LogP contribution in [0.5, 0.6) is 0 Å². The standard InChI is InChI=1S/C15H26N2S/c1-13(2)15-4-3-9-17(15)10-8-16-7-5-14-6-11-18-12-14/h6,11-13,15-16H,3-5,7-10H2,1-2H3. The molecule has 0 radical (unpaired) electrons. The average Bonchev–Trinajstić information content (AvgIpc) is 2.98. The summed E-state index contributed by atoms with van der Waals surface area (Å²) in [6.45, 7) is 9.46. The Kier molecular flexibility index (Phi) is 5.67. The van der Waals surface area contributed by atoms with Crippen molar-refractivity contribution in [1.29, 1.82) is 0 Å². The van der Waals surface area contributed by atoms with E-state index in [9.17, 15) is 0 Å². The lowest BCUT2D eigenvalue weighted by atomic mass is 10.0. The van der Waals surface area contributed by atoms with E-state index in [1.807, 2.05) is 0 Å². The SMILES string of the molecule is CC(C)C1CCCN1CCNCCc1ccsc1. The Balaban J connectivity index is 1.57. The van der Waals surface area contributed by atoms with Crippen molar-refractivity contribution in [3.05, 3.63) is 22.4 Å². The molecule has 0 amide bonds. The number of hydrogen-bond acceptors (Lipinski definition) is 3. The van der Waals surface area contributed by atoms with Gasteiger partial charge in [0, 0.05) is 19.1 Å². The molecule has 2 rings (SSSR count). The quantitative estimate of drug-likeness (QED) is 0.763. The summed E-state index contributed by atoms with van der Waals surface area (Å²) in [5, 5.41) is 7.98. The van der Waals surface area contributed by atoms with Gasteiger partial charge in [-0.3, -0.25) is 4.90 Å². The highest BCUT2D eigenvalue weighted by molar-refractivity contribution is 7.07. The Morgan fingerprint density at radius 2 is 2.33 bits per heavy atom. The normalized spacial score (nSPS) is 20.9. The molecule has 2 heterocycles. The molecular formula is C15H26N2S. The van der Waals surface area contributed by atoms with Gasteiger partial charge in [0.05, 0.1) is 0 Å². The lowest BCUT2D eigenvalue weighted by Gasteiger charge is -2.27. The van der Waals surface area contributed by atoms with Crippen LogP contribution in [-0.4, -0.2) is 37.1 Å². The molecular weight excluding hydrogens is 240 g/mol. The number of rotatable bonds is 7. The molecule has 2 nitrogen and oxygen atoms in total. The van der Waals surface area contributed by atoms with Gasteiger partial charge in [0.1, 0.15) is 0 Å². The van der Waals surface area contributed by atoms with Crippen LogP contribution in [0.15, 0.2) is 16.8 Å². The molecule has 18 heavy (non-hydrogen) atoms. The minimum Gasteiger partial charge on any atom is -0.315 e. The van der Waals surface area contributed by atoms with E-state index in [0.717, 1.165) is 31.5 Å². The van der Waals surface area contributed by atoms with Crippen LogP contribution in [0, 0.1) is 5.92 Å². The van der Waals surface area contributed by atoms with Gasteiger partial charge in [-0.05, 0) is 60.7 Å². The summed E-state index contributed by atoms with van der Waals surface area (Å²) in [6, 6.07) is 3.05. The van der Waals surface area contributed by atoms with Gasteiger partial charge >= 0.3 is 0 Å². The number of nitrogens with zero attached hydrogens (tertiary/aromatic N) is 1. The average molecular weight is 266 g/mol. The number of likely N-dealkylation sites (tertiary alicyclic amines) is 1. The second kappa shape index (κ2) is 7.27. The smallest absolute Gasteiger partial charge is 0.0119 e. The first-order valence-electron chi connectivity index (χ1n) is 7.23. The maximum atomic E-state index is 3.57. The summed E-state index contributed by atoms with van der Waals surface area (Å²) in [5.41, 5.74) is 1.47. The van der Waals surface area contributed by atoms with E-state index < -0.39 is 0 Å². The molecule has 102 valence electrons. The van der Waals surface area contributed by atoms with Crippen molar-refractivity contribution < 1.29 is 0 Å². The summed E-state index contributed by atoms with van der Waals surface area (Å²) < 4.78 is 0. The van der Waals surface area contributed by atoms with Gasteiger partial charge in [-0.2, -0.15) is 11.3 Å². The van der Waals surface area contributed by atoms with Crippen LogP contribution in [0.3, 0.4) is 0 Å². The van der Waals surface area contributed by atoms with Crippen LogP contribution in [0.2, 0.25) is 0 Å². The summed E-state index contributed by atoms with van der Waals surface area (Å²) in [5.74, 6) is 0.804. The largest absolute Gasteiger partial charge is 0.315 e. The topological polar surface area (TPSA) is 15.3 Å². The fourth-order valence-corrected chi connectivity index (χ4v) is 3.60. The summed E-state index contributed by atoms with van der Waals surface area (Å²) >= 11 is 1.79. The molecule has 3 heteroatoms. The predicted octanol–water partition coefficient (Wildman–Crippen LogP) is 3.00. The van der Waals surface area contributed by atoms with Crippen molar-refractivity contribution in [3.63, 3.8) is 0 Å². The molecule has 1 aliphatic heterocycles. The Bertz CT molecular complexity index is 321. The first-order chi connectivity index (χ1) is 8.77. The first kappa shape index (κ1) is 14.0. The minimum absolute atomic E-state index is 0.804. The Morgan fingerprint density at radius 1 is 1.44 bits per heavy atom. The summed E-state index contributed by atoms with van der Waals surface area (Å²) in [4.78, 5) is 2.67. The third kappa shape index (κ3) is 4.08. The third-order valence-electron chi connectivity index (χ3n) is 3.93. The minimum atomic E-state index is 0.804. The van der Waals surface area contributed by atoms with Crippen molar-refractivity contribution in [2.45, 2.75) is 39.2 Å². The predicted molar refractivity (Wildman–Crippen MR) is 80.3 cm³/mol. The van der Waals surface area contributed by atoms with Crippen LogP contribution in [-0.2, 0) is 6.42 Å². The fourth-order valence-electron chi connectivity index (χ4n) is 2.90. The Hall–Kier alpha value is -0.380. The first-order valence-corrected chi connectivity index (χ1v) is 8.17. The molecule has 0 spiro atoms. The maximum Gasteiger partial charge on any atom is 0.0119 e. The van der Waals surface area contributed by atoms with E-state index in [1.54, 1.807) is 11.3 Å². The van der Waals surface area contributed by atoms with E-state index in [1.165, 1.54) is 31.5 Å². The molecule has 1 fully saturated rings. The molecule has 0 aliphatic carbocycles. The summed E-state index contributed by atoms with van der Waals surface area (Å²) in [7, 11) is 0. The van der Waals surface area contributed by atoms with Crippen LogP contribution in [0.4, 0.5) is 0 Å². The van der Waals surface area contributed by atoms with E-state index in [0.29, 0.717) is 0 Å². The molecule has 1 aromatic rings. The zero-order valence-corrected chi connectivity index (χ0v) is 12.5. The monoisotopic (exact) mass is 266 g/mol. The highest BCUT2D eigenvalue weighted by Crippen LogP contribution is 2.22. The van der Waals surface area contributed by atoms with Crippen molar-refractivity contribution >= 4 is 11.3 Å². The second-order valence-corrected chi connectivity index (χ2v) is 6.40. The highest BCUT2D eigenvalue weighted by Gasteiger charge is 2.25. The molecule has 1 aliphatic rings. The number of thiophene rings is 1. The van der Waals surface area contributed by atoms with Gasteiger partial charge < -0.3 is 5.32 Å². The maximum absolute atomic E-state index is 3.57. The molecule has 1 N–H and O–H groups in total. The van der Waals surface area contributed by atoms with E-state index in [4.69, 9.17) is 0 Å². The lowest BCUT2D eigenvalue weighted by molar-refractivity contribution is 0.207. The highest BCUT2D eigenvalue weighted by atomic mass is 32.1. The van der Waals surface area contributed by atoms with Crippen LogP contribution in [0.25, 0.3) is 0 Å². The van der Waals surface area contributed by atoms with Gasteiger partial charge in [0.15, 0.2) is 0 Å². The van der Waals surface area contributed by atoms with Gasteiger partial charge in [0.2, 0.25) is 0 Å². The molecule has 0 saturated carbocycles. The van der Waals surface area contributed by atoms with Gasteiger partial charge in [-0.25, -0.2) is 0 Å². The van der Waals surface area contributed by atoms with Crippen LogP contribution in [0.1, 0.15) is 32.3 Å². The van der Waals surface area contributed by atoms with Gasteiger partial charge in [0.25, 0.3) is 0 Å². The fraction of sp³-hybridized carbons (Fsp3) is 0.733. The molecule has 0 aromatic carbocycles. The summed E-state index contributed by atoms with van der Waals surface area (Å²) in [6.07, 6.45) is 3.95. The number of nitrogens with one attached hydrogen (secondary N) is 1. The molecule has 1 aromatic heterocycles. The number of hydrogen-bond donors (Lipinski definition) is 1. The van der Waals surface area contributed by atoms with Crippen molar-refractivity contribution in [1.82, 2.24) is 10.2 Å². The van der Waals surface area contributed by atoms with Crippen molar-refractivity contribution in [2.75, 3.05) is 26.2 Å². The van der Waals surface area contributed by atoms with Crippen LogP contribution < -0.4 is 5.32 Å². The van der Waals surface area contributed by atoms with Gasteiger partial charge in [-0.1, -0.05) is 13.8 Å². The third-order valence-corrected chi connectivity index (χ3v) is 4.66. The van der Waals surface area contributed by atoms with E-state index in [2.05, 4.69) is 40.9 Å². The van der Waals surface area contributed by atoms with E-state index >= 15 is 0 Å². The lowest BCUT2D eigenvalue weighted by Crippen LogP contribution is -2.38. The van der Waals surface area contributed by atoms with Gasteiger partial charge in [-0.15, -0.1) is 0 Å². The molecule has 1 saturated heterocycles. The molecule has 1 unspecified atom stereocenters. The van der Waals surface area contributed by atoms with Crippen molar-refractivity contribution in [3.8, 4) is 0 Å². The van der Waals surface area contributed by atoms with Crippen LogP contribution >= 0.6 is 11.3 Å². The Labute approximate surface area is 115 Å². The molecule has 0 bridgehead atoms. The Morgan fingerprint density at radius 3 is 3.06 bits per heavy atom.